The second-order valence-corrected chi connectivity index (χ2v) is 5.44. The van der Waals surface area contributed by atoms with E-state index in [9.17, 15) is 5.11 Å². The van der Waals surface area contributed by atoms with Crippen LogP contribution in [-0.4, -0.2) is 54.2 Å². The van der Waals surface area contributed by atoms with Crippen LogP contribution in [0.25, 0.3) is 0 Å². The third kappa shape index (κ3) is 4.03. The summed E-state index contributed by atoms with van der Waals surface area (Å²) in [6.07, 6.45) is 0.502. The van der Waals surface area contributed by atoms with E-state index in [1.54, 1.807) is 0 Å². The Balaban J connectivity index is 1.78. The molecule has 1 saturated heterocycles. The van der Waals surface area contributed by atoms with Gasteiger partial charge in [0.2, 0.25) is 0 Å². The Morgan fingerprint density at radius 2 is 1.74 bits per heavy atom. The van der Waals surface area contributed by atoms with E-state index >= 15 is 0 Å². The lowest BCUT2D eigenvalue weighted by molar-refractivity contribution is 0.105. The van der Waals surface area contributed by atoms with Crippen LogP contribution in [0.4, 0.5) is 0 Å². The van der Waals surface area contributed by atoms with Gasteiger partial charge in [-0.25, -0.2) is 0 Å². The van der Waals surface area contributed by atoms with Crippen LogP contribution in [-0.2, 0) is 0 Å². The van der Waals surface area contributed by atoms with Crippen LogP contribution in [0.1, 0.15) is 30.6 Å². The van der Waals surface area contributed by atoms with Gasteiger partial charge in [0.05, 0.1) is 6.10 Å². The van der Waals surface area contributed by atoms with Gasteiger partial charge in [0.1, 0.15) is 0 Å². The predicted molar refractivity (Wildman–Crippen MR) is 79.3 cm³/mol. The highest BCUT2D eigenvalue weighted by atomic mass is 16.3. The maximum Gasteiger partial charge on any atom is 0.0804 e. The molecule has 3 heteroatoms. The molecule has 0 radical (unpaired) electrons. The van der Waals surface area contributed by atoms with E-state index < -0.39 is 0 Å². The van der Waals surface area contributed by atoms with Crippen LogP contribution in [0.15, 0.2) is 24.3 Å². The molecule has 1 heterocycles. The number of piperazine rings is 1. The van der Waals surface area contributed by atoms with Crippen molar-refractivity contribution in [3.63, 3.8) is 0 Å². The van der Waals surface area contributed by atoms with Crippen LogP contribution in [0.2, 0.25) is 0 Å². The van der Waals surface area contributed by atoms with Crippen LogP contribution in [0.5, 0.6) is 0 Å². The summed E-state index contributed by atoms with van der Waals surface area (Å²) in [5, 5.41) is 10.3. The molecule has 1 N–H and O–H groups in total. The van der Waals surface area contributed by atoms with Crippen molar-refractivity contribution in [1.29, 1.82) is 0 Å². The summed E-state index contributed by atoms with van der Waals surface area (Å²) >= 11 is 0. The minimum absolute atomic E-state index is 0.328. The molecule has 0 spiro atoms. The van der Waals surface area contributed by atoms with E-state index in [1.165, 1.54) is 5.56 Å². The van der Waals surface area contributed by atoms with Gasteiger partial charge in [-0.1, -0.05) is 31.2 Å². The smallest absolute Gasteiger partial charge is 0.0804 e. The molecule has 0 bridgehead atoms. The van der Waals surface area contributed by atoms with Crippen molar-refractivity contribution in [3.05, 3.63) is 35.4 Å². The second-order valence-electron chi connectivity index (χ2n) is 5.44. The molecule has 1 aromatic rings. The zero-order chi connectivity index (χ0) is 13.7. The molecule has 0 aromatic heterocycles. The Morgan fingerprint density at radius 1 is 1.11 bits per heavy atom. The monoisotopic (exact) mass is 262 g/mol. The molecular formula is C16H26N2O. The Bertz CT molecular complexity index is 386. The molecule has 1 atom stereocenters. The average molecular weight is 262 g/mol. The maximum atomic E-state index is 10.3. The normalized spacial score (nSPS) is 19.5. The second kappa shape index (κ2) is 7.04. The van der Waals surface area contributed by atoms with Gasteiger partial charge in [-0.05, 0) is 31.0 Å². The van der Waals surface area contributed by atoms with E-state index in [-0.39, 0.29) is 6.10 Å². The summed E-state index contributed by atoms with van der Waals surface area (Å²) in [4.78, 5) is 4.95. The van der Waals surface area contributed by atoms with Crippen molar-refractivity contribution in [2.24, 2.45) is 0 Å². The lowest BCUT2D eigenvalue weighted by Gasteiger charge is -2.34. The topological polar surface area (TPSA) is 26.7 Å². The molecule has 1 unspecified atom stereocenters. The van der Waals surface area contributed by atoms with Crippen molar-refractivity contribution >= 4 is 0 Å². The summed E-state index contributed by atoms with van der Waals surface area (Å²) in [7, 11) is 0. The molecular weight excluding hydrogens is 236 g/mol. The number of aliphatic hydroxyl groups excluding tert-OH is 1. The molecule has 0 aliphatic carbocycles. The van der Waals surface area contributed by atoms with Gasteiger partial charge in [0.25, 0.3) is 0 Å². The molecule has 0 amide bonds. The third-order valence-corrected chi connectivity index (χ3v) is 4.18. The van der Waals surface area contributed by atoms with Crippen LogP contribution in [0, 0.1) is 6.92 Å². The first-order chi connectivity index (χ1) is 9.20. The molecule has 0 saturated carbocycles. The van der Waals surface area contributed by atoms with E-state index in [1.807, 2.05) is 18.2 Å². The van der Waals surface area contributed by atoms with E-state index in [2.05, 4.69) is 29.7 Å². The van der Waals surface area contributed by atoms with Gasteiger partial charge in [-0.3, -0.25) is 0 Å². The number of hydrogen-bond acceptors (Lipinski definition) is 3. The molecule has 2 rings (SSSR count). The molecule has 1 fully saturated rings. The predicted octanol–water partition coefficient (Wildman–Crippen LogP) is 2.06. The van der Waals surface area contributed by atoms with Crippen LogP contribution >= 0.6 is 0 Å². The molecule has 19 heavy (non-hydrogen) atoms. The standard InChI is InChI=1S/C16H26N2O/c1-3-17-10-12-18(13-11-17)9-8-16(19)15-7-5-4-6-14(15)2/h4-7,16,19H,3,8-13H2,1-2H3. The van der Waals surface area contributed by atoms with Gasteiger partial charge in [-0.15, -0.1) is 0 Å². The molecule has 1 aromatic carbocycles. The first-order valence-electron chi connectivity index (χ1n) is 7.39. The van der Waals surface area contributed by atoms with Crippen molar-refractivity contribution in [3.8, 4) is 0 Å². The fraction of sp³-hybridized carbons (Fsp3) is 0.625. The summed E-state index contributed by atoms with van der Waals surface area (Å²) in [5.74, 6) is 0. The van der Waals surface area contributed by atoms with Crippen molar-refractivity contribution in [2.75, 3.05) is 39.3 Å². The third-order valence-electron chi connectivity index (χ3n) is 4.18. The van der Waals surface area contributed by atoms with Gasteiger partial charge in [-0.2, -0.15) is 0 Å². The zero-order valence-corrected chi connectivity index (χ0v) is 12.2. The number of aryl methyl sites for hydroxylation is 1. The fourth-order valence-electron chi connectivity index (χ4n) is 2.75. The molecule has 1 aliphatic rings. The SMILES string of the molecule is CCN1CCN(CCC(O)c2ccccc2C)CC1. The van der Waals surface area contributed by atoms with Crippen molar-refractivity contribution in [2.45, 2.75) is 26.4 Å². The number of benzene rings is 1. The first-order valence-corrected chi connectivity index (χ1v) is 7.39. The highest BCUT2D eigenvalue weighted by Crippen LogP contribution is 2.20. The quantitative estimate of drug-likeness (QED) is 0.880. The Labute approximate surface area is 116 Å². The summed E-state index contributed by atoms with van der Waals surface area (Å²) < 4.78 is 0. The van der Waals surface area contributed by atoms with E-state index in [4.69, 9.17) is 0 Å². The summed E-state index contributed by atoms with van der Waals surface area (Å²) in [5.41, 5.74) is 2.26. The molecule has 3 nitrogen and oxygen atoms in total. The minimum Gasteiger partial charge on any atom is -0.388 e. The number of hydrogen-bond donors (Lipinski definition) is 1. The highest BCUT2D eigenvalue weighted by molar-refractivity contribution is 5.27. The summed E-state index contributed by atoms with van der Waals surface area (Å²) in [6.45, 7) is 11.0. The first kappa shape index (κ1) is 14.5. The van der Waals surface area contributed by atoms with Crippen molar-refractivity contribution < 1.29 is 5.11 Å². The Hall–Kier alpha value is -0.900. The van der Waals surface area contributed by atoms with E-state index in [0.717, 1.165) is 51.3 Å². The number of aliphatic hydroxyl groups is 1. The van der Waals surface area contributed by atoms with Gasteiger partial charge in [0, 0.05) is 32.7 Å². The van der Waals surface area contributed by atoms with Gasteiger partial charge < -0.3 is 14.9 Å². The number of nitrogens with zero attached hydrogens (tertiary/aromatic N) is 2. The highest BCUT2D eigenvalue weighted by Gasteiger charge is 2.17. The van der Waals surface area contributed by atoms with Gasteiger partial charge >= 0.3 is 0 Å². The van der Waals surface area contributed by atoms with Crippen molar-refractivity contribution in [1.82, 2.24) is 9.80 Å². The Kier molecular flexibility index (Phi) is 5.37. The number of rotatable bonds is 5. The number of likely N-dealkylation sites (N-methyl/N-ethyl adjacent to an activating group) is 1. The lowest BCUT2D eigenvalue weighted by Crippen LogP contribution is -2.46. The van der Waals surface area contributed by atoms with Crippen LogP contribution < -0.4 is 0 Å². The Morgan fingerprint density at radius 3 is 2.37 bits per heavy atom. The van der Waals surface area contributed by atoms with Gasteiger partial charge in [0.15, 0.2) is 0 Å². The fourth-order valence-corrected chi connectivity index (χ4v) is 2.75. The summed E-state index contributed by atoms with van der Waals surface area (Å²) in [6, 6.07) is 8.13. The minimum atomic E-state index is -0.328. The van der Waals surface area contributed by atoms with Crippen LogP contribution in [0.3, 0.4) is 0 Å². The zero-order valence-electron chi connectivity index (χ0n) is 12.2. The lowest BCUT2D eigenvalue weighted by atomic mass is 10.0. The largest absolute Gasteiger partial charge is 0.388 e. The average Bonchev–Trinajstić information content (AvgIpc) is 2.46. The molecule has 1 aliphatic heterocycles. The maximum absolute atomic E-state index is 10.3. The van der Waals surface area contributed by atoms with E-state index in [0.29, 0.717) is 0 Å². The molecule has 106 valence electrons.